The van der Waals surface area contributed by atoms with Crippen LogP contribution in [-0.2, 0) is 0 Å². The van der Waals surface area contributed by atoms with E-state index < -0.39 is 18.9 Å². The van der Waals surface area contributed by atoms with E-state index >= 15 is 0 Å². The van der Waals surface area contributed by atoms with Gasteiger partial charge in [0, 0.05) is 17.7 Å². The Balaban J connectivity index is 3.10. The molecule has 3 N–H and O–H groups in total. The average Bonchev–Trinajstić information content (AvgIpc) is 2.44. The van der Waals surface area contributed by atoms with Crippen molar-refractivity contribution < 1.29 is 18.7 Å². The lowest BCUT2D eigenvalue weighted by atomic mass is 10.0. The van der Waals surface area contributed by atoms with E-state index in [2.05, 4.69) is 11.8 Å². The molecule has 1 aromatic rings. The van der Waals surface area contributed by atoms with Crippen LogP contribution in [-0.4, -0.2) is 48.6 Å². The fourth-order valence-corrected chi connectivity index (χ4v) is 1.88. The van der Waals surface area contributed by atoms with Crippen molar-refractivity contribution in [2.45, 2.75) is 13.3 Å². The molecule has 114 valence electrons. The first-order valence-corrected chi connectivity index (χ1v) is 6.48. The maximum absolute atomic E-state index is 12.5. The maximum Gasteiger partial charge on any atom is 0.255 e. The molecule has 0 saturated carbocycles. The third kappa shape index (κ3) is 4.81. The van der Waals surface area contributed by atoms with Gasteiger partial charge in [-0.05, 0) is 24.6 Å². The Hall–Kier alpha value is -1.97. The van der Waals surface area contributed by atoms with E-state index in [9.17, 15) is 13.6 Å². The molecule has 1 rings (SSSR count). The van der Waals surface area contributed by atoms with Gasteiger partial charge in [-0.15, -0.1) is 0 Å². The van der Waals surface area contributed by atoms with Crippen LogP contribution in [0.25, 0.3) is 0 Å². The van der Waals surface area contributed by atoms with Gasteiger partial charge in [-0.1, -0.05) is 17.9 Å². The second-order valence-corrected chi connectivity index (χ2v) is 4.35. The van der Waals surface area contributed by atoms with Crippen LogP contribution in [0.3, 0.4) is 0 Å². The van der Waals surface area contributed by atoms with Crippen molar-refractivity contribution in [1.82, 2.24) is 4.90 Å². The van der Waals surface area contributed by atoms with E-state index in [0.29, 0.717) is 16.7 Å². The molecule has 0 aliphatic rings. The largest absolute Gasteiger partial charge is 0.395 e. The van der Waals surface area contributed by atoms with Gasteiger partial charge in [-0.3, -0.25) is 4.79 Å². The first-order valence-electron chi connectivity index (χ1n) is 6.48. The summed E-state index contributed by atoms with van der Waals surface area (Å²) in [5, 5.41) is 8.91. The molecule has 6 heteroatoms. The Labute approximate surface area is 122 Å². The topological polar surface area (TPSA) is 66.6 Å². The van der Waals surface area contributed by atoms with Crippen LogP contribution in [0.5, 0.6) is 0 Å². The van der Waals surface area contributed by atoms with Crippen LogP contribution >= 0.6 is 0 Å². The quantitative estimate of drug-likeness (QED) is 0.797. The SMILES string of the molecule is Cc1c(C#CCN)cccc1C(=O)N(CCO)CC(F)F. The monoisotopic (exact) mass is 296 g/mol. The number of amides is 1. The van der Waals surface area contributed by atoms with Gasteiger partial charge in [0.25, 0.3) is 12.3 Å². The molecule has 4 nitrogen and oxygen atoms in total. The highest BCUT2D eigenvalue weighted by atomic mass is 19.3. The lowest BCUT2D eigenvalue weighted by Gasteiger charge is -2.22. The van der Waals surface area contributed by atoms with Crippen LogP contribution in [0.15, 0.2) is 18.2 Å². The summed E-state index contributed by atoms with van der Waals surface area (Å²) in [6.45, 7) is 0.677. The first kappa shape index (κ1) is 17.1. The molecule has 0 saturated heterocycles. The Kier molecular flexibility index (Phi) is 6.79. The van der Waals surface area contributed by atoms with Crippen molar-refractivity contribution in [2.75, 3.05) is 26.2 Å². The highest BCUT2D eigenvalue weighted by Crippen LogP contribution is 2.16. The molecule has 21 heavy (non-hydrogen) atoms. The minimum Gasteiger partial charge on any atom is -0.395 e. The van der Waals surface area contributed by atoms with Crippen molar-refractivity contribution in [3.05, 3.63) is 34.9 Å². The number of halogens is 2. The minimum absolute atomic E-state index is 0.138. The number of carbonyl (C=O) groups is 1. The van der Waals surface area contributed by atoms with Gasteiger partial charge in [0.15, 0.2) is 0 Å². The lowest BCUT2D eigenvalue weighted by molar-refractivity contribution is 0.0508. The second-order valence-electron chi connectivity index (χ2n) is 4.35. The zero-order chi connectivity index (χ0) is 15.8. The fourth-order valence-electron chi connectivity index (χ4n) is 1.88. The summed E-state index contributed by atoms with van der Waals surface area (Å²) in [5.41, 5.74) is 6.85. The third-order valence-electron chi connectivity index (χ3n) is 2.90. The van der Waals surface area contributed by atoms with Crippen molar-refractivity contribution in [3.63, 3.8) is 0 Å². The zero-order valence-electron chi connectivity index (χ0n) is 11.8. The molecular formula is C15H18F2N2O2. The number of hydrogen-bond donors (Lipinski definition) is 2. The number of aliphatic hydroxyl groups is 1. The molecule has 0 aliphatic heterocycles. The van der Waals surface area contributed by atoms with Crippen LogP contribution in [0.1, 0.15) is 21.5 Å². The smallest absolute Gasteiger partial charge is 0.255 e. The van der Waals surface area contributed by atoms with Gasteiger partial charge in [-0.25, -0.2) is 8.78 Å². The van der Waals surface area contributed by atoms with E-state index in [0.717, 1.165) is 4.90 Å². The van der Waals surface area contributed by atoms with Crippen LogP contribution in [0, 0.1) is 18.8 Å². The molecule has 0 radical (unpaired) electrons. The number of aliphatic hydroxyl groups excluding tert-OH is 1. The number of rotatable bonds is 5. The summed E-state index contributed by atoms with van der Waals surface area (Å²) in [6.07, 6.45) is -2.65. The molecule has 0 aromatic heterocycles. The Morgan fingerprint density at radius 1 is 1.48 bits per heavy atom. The number of hydrogen-bond acceptors (Lipinski definition) is 3. The molecule has 0 atom stereocenters. The molecule has 1 amide bonds. The zero-order valence-corrected chi connectivity index (χ0v) is 11.8. The summed E-state index contributed by atoms with van der Waals surface area (Å²) in [4.78, 5) is 13.3. The van der Waals surface area contributed by atoms with Gasteiger partial charge < -0.3 is 15.7 Å². The van der Waals surface area contributed by atoms with Gasteiger partial charge in [0.1, 0.15) is 0 Å². The standard InChI is InChI=1S/C15H18F2N2O2/c1-11-12(5-3-7-18)4-2-6-13(11)15(21)19(8-9-20)10-14(16)17/h2,4,6,14,20H,7-10,18H2,1H3. The van der Waals surface area contributed by atoms with Gasteiger partial charge in [-0.2, -0.15) is 0 Å². The van der Waals surface area contributed by atoms with E-state index in [4.69, 9.17) is 10.8 Å². The summed E-state index contributed by atoms with van der Waals surface area (Å²) in [6, 6.07) is 4.93. The predicted molar refractivity (Wildman–Crippen MR) is 76.1 cm³/mol. The van der Waals surface area contributed by atoms with Crippen LogP contribution < -0.4 is 5.73 Å². The second kappa shape index (κ2) is 8.35. The number of carbonyl (C=O) groups excluding carboxylic acids is 1. The Morgan fingerprint density at radius 2 is 2.19 bits per heavy atom. The van der Waals surface area contributed by atoms with Crippen molar-refractivity contribution in [1.29, 1.82) is 0 Å². The summed E-state index contributed by atoms with van der Waals surface area (Å²) in [5.74, 6) is 4.98. The molecule has 0 aliphatic carbocycles. The molecule has 0 unspecified atom stereocenters. The Morgan fingerprint density at radius 3 is 2.76 bits per heavy atom. The van der Waals surface area contributed by atoms with Crippen molar-refractivity contribution >= 4 is 5.91 Å². The highest BCUT2D eigenvalue weighted by Gasteiger charge is 2.21. The van der Waals surface area contributed by atoms with Crippen molar-refractivity contribution in [2.24, 2.45) is 5.73 Å². The van der Waals surface area contributed by atoms with Gasteiger partial charge in [0.2, 0.25) is 0 Å². The lowest BCUT2D eigenvalue weighted by Crippen LogP contribution is -2.37. The third-order valence-corrected chi connectivity index (χ3v) is 2.90. The van der Waals surface area contributed by atoms with Crippen LogP contribution in [0.2, 0.25) is 0 Å². The summed E-state index contributed by atoms with van der Waals surface area (Å²) >= 11 is 0. The molecule has 0 bridgehead atoms. The fraction of sp³-hybridized carbons (Fsp3) is 0.400. The predicted octanol–water partition coefficient (Wildman–Crippen LogP) is 1.00. The van der Waals surface area contributed by atoms with Gasteiger partial charge >= 0.3 is 0 Å². The number of nitrogens with zero attached hydrogens (tertiary/aromatic N) is 1. The van der Waals surface area contributed by atoms with Gasteiger partial charge in [0.05, 0.1) is 19.7 Å². The molecule has 0 spiro atoms. The maximum atomic E-state index is 12.5. The molecule has 0 heterocycles. The normalized spacial score (nSPS) is 10.2. The summed E-state index contributed by atoms with van der Waals surface area (Å²) in [7, 11) is 0. The molecular weight excluding hydrogens is 278 g/mol. The number of alkyl halides is 2. The minimum atomic E-state index is -2.65. The van der Waals surface area contributed by atoms with Crippen molar-refractivity contribution in [3.8, 4) is 11.8 Å². The van der Waals surface area contributed by atoms with E-state index in [-0.39, 0.29) is 19.7 Å². The highest BCUT2D eigenvalue weighted by molar-refractivity contribution is 5.96. The van der Waals surface area contributed by atoms with Crippen LogP contribution in [0.4, 0.5) is 8.78 Å². The molecule has 1 aromatic carbocycles. The van der Waals surface area contributed by atoms with E-state index in [1.165, 1.54) is 0 Å². The Bertz CT molecular complexity index is 550. The van der Waals surface area contributed by atoms with E-state index in [1.54, 1.807) is 25.1 Å². The first-order chi connectivity index (χ1) is 10.0. The average molecular weight is 296 g/mol. The number of nitrogens with two attached hydrogens (primary N) is 1. The number of benzene rings is 1. The van der Waals surface area contributed by atoms with E-state index in [1.807, 2.05) is 0 Å². The summed E-state index contributed by atoms with van der Waals surface area (Å²) < 4.78 is 25.0. The molecule has 0 fully saturated rings.